The Morgan fingerprint density at radius 3 is 1.92 bits per heavy atom. The van der Waals surface area contributed by atoms with Gasteiger partial charge < -0.3 is 0 Å². The van der Waals surface area contributed by atoms with Crippen molar-refractivity contribution in [1.82, 2.24) is 0 Å². The van der Waals surface area contributed by atoms with Crippen LogP contribution in [0.25, 0.3) is 0 Å². The summed E-state index contributed by atoms with van der Waals surface area (Å²) in [6, 6.07) is 0. The SMILES string of the molecule is CC1CCCC1.C[C]1[CH]CCC1.[Fe]. The molecule has 0 unspecified atom stereocenters. The van der Waals surface area contributed by atoms with Gasteiger partial charge in [-0.15, -0.1) is 0 Å². The summed E-state index contributed by atoms with van der Waals surface area (Å²) in [5.41, 5.74) is 0. The van der Waals surface area contributed by atoms with Crippen molar-refractivity contribution in [3.8, 4) is 0 Å². The van der Waals surface area contributed by atoms with E-state index in [0.29, 0.717) is 0 Å². The van der Waals surface area contributed by atoms with Crippen LogP contribution in [0, 0.1) is 18.3 Å². The molecule has 78 valence electrons. The Morgan fingerprint density at radius 1 is 1.15 bits per heavy atom. The molecule has 13 heavy (non-hydrogen) atoms. The Kier molecular flexibility index (Phi) is 8.20. The molecule has 0 spiro atoms. The van der Waals surface area contributed by atoms with E-state index in [9.17, 15) is 0 Å². The molecule has 0 aromatic heterocycles. The van der Waals surface area contributed by atoms with E-state index < -0.39 is 0 Å². The zero-order chi connectivity index (χ0) is 8.81. The quantitative estimate of drug-likeness (QED) is 0.540. The summed E-state index contributed by atoms with van der Waals surface area (Å²) in [7, 11) is 0. The van der Waals surface area contributed by atoms with Gasteiger partial charge in [-0.1, -0.05) is 46.0 Å². The normalized spacial score (nSPS) is 23.5. The zero-order valence-corrected chi connectivity index (χ0v) is 10.1. The minimum Gasteiger partial charge on any atom is -0.0625 e. The molecule has 0 heterocycles. The van der Waals surface area contributed by atoms with E-state index in [0.717, 1.165) is 5.92 Å². The molecule has 0 aromatic carbocycles. The molecule has 0 atom stereocenters. The fraction of sp³-hybridized carbons (Fsp3) is 0.833. The molecule has 2 fully saturated rings. The van der Waals surface area contributed by atoms with Crippen molar-refractivity contribution in [1.29, 1.82) is 0 Å². The number of hydrogen-bond acceptors (Lipinski definition) is 0. The Hall–Kier alpha value is 0.519. The second-order valence-electron chi connectivity index (χ2n) is 4.33. The molecule has 0 saturated heterocycles. The maximum atomic E-state index is 2.34. The fourth-order valence-electron chi connectivity index (χ4n) is 1.96. The summed E-state index contributed by atoms with van der Waals surface area (Å²) in [6.45, 7) is 4.54. The van der Waals surface area contributed by atoms with E-state index in [1.807, 2.05) is 0 Å². The van der Waals surface area contributed by atoms with Gasteiger partial charge in [-0.3, -0.25) is 0 Å². The van der Waals surface area contributed by atoms with Crippen LogP contribution in [-0.2, 0) is 17.1 Å². The molecule has 2 saturated carbocycles. The van der Waals surface area contributed by atoms with E-state index in [-0.39, 0.29) is 17.1 Å². The van der Waals surface area contributed by atoms with Gasteiger partial charge in [0.25, 0.3) is 0 Å². The Balaban J connectivity index is 0.000000206. The summed E-state index contributed by atoms with van der Waals surface area (Å²) < 4.78 is 0. The molecule has 0 nitrogen and oxygen atoms in total. The predicted octanol–water partition coefficient (Wildman–Crippen LogP) is 4.16. The fourth-order valence-corrected chi connectivity index (χ4v) is 1.96. The molecule has 2 aliphatic carbocycles. The molecule has 1 heteroatoms. The van der Waals surface area contributed by atoms with Gasteiger partial charge in [0.2, 0.25) is 0 Å². The van der Waals surface area contributed by atoms with Crippen molar-refractivity contribution in [2.24, 2.45) is 5.92 Å². The van der Waals surface area contributed by atoms with Gasteiger partial charge in [-0.05, 0) is 31.1 Å². The molecule has 2 aliphatic rings. The van der Waals surface area contributed by atoms with Gasteiger partial charge in [0.05, 0.1) is 0 Å². The van der Waals surface area contributed by atoms with Gasteiger partial charge in [0.1, 0.15) is 0 Å². The third-order valence-electron chi connectivity index (χ3n) is 2.91. The van der Waals surface area contributed by atoms with Crippen LogP contribution in [0.2, 0.25) is 0 Å². The van der Waals surface area contributed by atoms with Crippen LogP contribution in [-0.4, -0.2) is 0 Å². The maximum Gasteiger partial charge on any atom is 0 e. The molecule has 0 N–H and O–H groups in total. The molecule has 0 bridgehead atoms. The van der Waals surface area contributed by atoms with Crippen LogP contribution < -0.4 is 0 Å². The first kappa shape index (κ1) is 13.5. The first-order valence-electron chi connectivity index (χ1n) is 5.44. The standard InChI is InChI=1S/C6H12.C6H10.Fe/c2*1-6-4-2-3-5-6;/h6H,2-5H2,1H3;4H,2-3,5H2,1H3;. The Labute approximate surface area is 94.3 Å². The molecule has 2 rings (SSSR count). The second kappa shape index (κ2) is 7.88. The van der Waals surface area contributed by atoms with Gasteiger partial charge in [0.15, 0.2) is 0 Å². The monoisotopic (exact) mass is 222 g/mol. The van der Waals surface area contributed by atoms with Crippen LogP contribution in [0.15, 0.2) is 0 Å². The van der Waals surface area contributed by atoms with Crippen LogP contribution >= 0.6 is 0 Å². The van der Waals surface area contributed by atoms with Gasteiger partial charge >= 0.3 is 0 Å². The Bertz CT molecular complexity index is 85.7. The Morgan fingerprint density at radius 2 is 1.77 bits per heavy atom. The van der Waals surface area contributed by atoms with Crippen molar-refractivity contribution in [2.75, 3.05) is 0 Å². The minimum absolute atomic E-state index is 0. The summed E-state index contributed by atoms with van der Waals surface area (Å²) in [5, 5.41) is 0. The summed E-state index contributed by atoms with van der Waals surface area (Å²) in [4.78, 5) is 0. The van der Waals surface area contributed by atoms with E-state index in [2.05, 4.69) is 20.3 Å². The summed E-state index contributed by atoms with van der Waals surface area (Å²) in [5.74, 6) is 2.62. The van der Waals surface area contributed by atoms with E-state index in [4.69, 9.17) is 0 Å². The predicted molar refractivity (Wildman–Crippen MR) is 54.7 cm³/mol. The topological polar surface area (TPSA) is 0 Å². The molecular weight excluding hydrogens is 200 g/mol. The average molecular weight is 222 g/mol. The molecule has 2 radical (unpaired) electrons. The first-order valence-corrected chi connectivity index (χ1v) is 5.44. The maximum absolute atomic E-state index is 2.34. The van der Waals surface area contributed by atoms with E-state index in [1.165, 1.54) is 44.9 Å². The third kappa shape index (κ3) is 6.57. The molecule has 0 amide bonds. The van der Waals surface area contributed by atoms with Crippen molar-refractivity contribution < 1.29 is 17.1 Å². The van der Waals surface area contributed by atoms with Gasteiger partial charge in [-0.2, -0.15) is 0 Å². The van der Waals surface area contributed by atoms with Crippen molar-refractivity contribution in [3.05, 3.63) is 12.3 Å². The average Bonchev–Trinajstić information content (AvgIpc) is 2.63. The van der Waals surface area contributed by atoms with Crippen molar-refractivity contribution in [2.45, 2.75) is 58.8 Å². The minimum atomic E-state index is 0. The number of rotatable bonds is 0. The van der Waals surface area contributed by atoms with Crippen LogP contribution in [0.4, 0.5) is 0 Å². The first-order chi connectivity index (χ1) is 5.79. The molecule has 0 aliphatic heterocycles. The van der Waals surface area contributed by atoms with Crippen LogP contribution in [0.1, 0.15) is 58.8 Å². The van der Waals surface area contributed by atoms with E-state index in [1.54, 1.807) is 5.92 Å². The number of hydrogen-bond donors (Lipinski definition) is 0. The summed E-state index contributed by atoms with van der Waals surface area (Å²) >= 11 is 0. The zero-order valence-electron chi connectivity index (χ0n) is 8.96. The molecular formula is C12H22Fe. The summed E-state index contributed by atoms with van der Waals surface area (Å²) in [6.07, 6.45) is 12.3. The van der Waals surface area contributed by atoms with Crippen molar-refractivity contribution in [3.63, 3.8) is 0 Å². The largest absolute Gasteiger partial charge is 0.0625 e. The smallest absolute Gasteiger partial charge is 0 e. The van der Waals surface area contributed by atoms with Crippen molar-refractivity contribution >= 4 is 0 Å². The van der Waals surface area contributed by atoms with E-state index >= 15 is 0 Å². The van der Waals surface area contributed by atoms with Gasteiger partial charge in [-0.25, -0.2) is 0 Å². The molecule has 0 aromatic rings. The van der Waals surface area contributed by atoms with Gasteiger partial charge in [0, 0.05) is 17.1 Å². The van der Waals surface area contributed by atoms with Crippen LogP contribution in [0.5, 0.6) is 0 Å². The van der Waals surface area contributed by atoms with Crippen LogP contribution in [0.3, 0.4) is 0 Å². The third-order valence-corrected chi connectivity index (χ3v) is 2.91. The second-order valence-corrected chi connectivity index (χ2v) is 4.33.